The lowest BCUT2D eigenvalue weighted by molar-refractivity contribution is 0.404. The molecular weight excluding hydrogens is 148 g/mol. The van der Waals surface area contributed by atoms with Crippen LogP contribution in [0.5, 0.6) is 0 Å². The number of hydrogen-bond acceptors (Lipinski definition) is 1. The summed E-state index contributed by atoms with van der Waals surface area (Å²) in [5.41, 5.74) is 5.87. The van der Waals surface area contributed by atoms with Crippen LogP contribution in [0.2, 0.25) is 0 Å². The van der Waals surface area contributed by atoms with Crippen molar-refractivity contribution in [2.24, 2.45) is 10.7 Å². The Morgan fingerprint density at radius 3 is 2.42 bits per heavy atom. The normalized spacial score (nSPS) is 23.0. The van der Waals surface area contributed by atoms with Crippen LogP contribution in [-0.2, 0) is 0 Å². The van der Waals surface area contributed by atoms with E-state index in [4.69, 9.17) is 5.73 Å². The topological polar surface area (TPSA) is 38.4 Å². The number of nitrogens with zero attached hydrogens (tertiary/aromatic N) is 1. The molecule has 0 unspecified atom stereocenters. The Labute approximate surface area is 75.3 Å². The van der Waals surface area contributed by atoms with Crippen molar-refractivity contribution in [3.8, 4) is 0 Å². The summed E-state index contributed by atoms with van der Waals surface area (Å²) in [7, 11) is 0. The van der Waals surface area contributed by atoms with Crippen molar-refractivity contribution < 1.29 is 0 Å². The predicted octanol–water partition coefficient (Wildman–Crippen LogP) is 2.48. The van der Waals surface area contributed by atoms with Crippen molar-refractivity contribution in [2.45, 2.75) is 57.9 Å². The van der Waals surface area contributed by atoms with E-state index in [-0.39, 0.29) is 5.54 Å². The van der Waals surface area contributed by atoms with Crippen LogP contribution in [-0.4, -0.2) is 11.4 Å². The third-order valence-electron chi connectivity index (χ3n) is 2.66. The summed E-state index contributed by atoms with van der Waals surface area (Å²) >= 11 is 0. The maximum Gasteiger partial charge on any atom is 0.0912 e. The maximum absolute atomic E-state index is 5.64. The third-order valence-corrected chi connectivity index (χ3v) is 2.66. The number of rotatable bonds is 3. The molecule has 2 nitrogen and oxygen atoms in total. The van der Waals surface area contributed by atoms with Gasteiger partial charge in [-0.25, -0.2) is 0 Å². The Balaban J connectivity index is 2.65. The van der Waals surface area contributed by atoms with Crippen molar-refractivity contribution in [3.63, 3.8) is 0 Å². The summed E-state index contributed by atoms with van der Waals surface area (Å²) in [6.45, 7) is 4.12. The summed E-state index contributed by atoms with van der Waals surface area (Å²) < 4.78 is 0. The first-order chi connectivity index (χ1) is 5.68. The predicted molar refractivity (Wildman–Crippen MR) is 53.4 cm³/mol. The zero-order chi connectivity index (χ0) is 9.03. The summed E-state index contributed by atoms with van der Waals surface area (Å²) in [6.07, 6.45) is 7.58. The van der Waals surface area contributed by atoms with Gasteiger partial charge in [-0.1, -0.05) is 26.2 Å². The van der Waals surface area contributed by atoms with E-state index in [9.17, 15) is 0 Å². The first-order valence-corrected chi connectivity index (χ1v) is 5.00. The molecule has 0 aliphatic heterocycles. The van der Waals surface area contributed by atoms with Gasteiger partial charge < -0.3 is 5.73 Å². The smallest absolute Gasteiger partial charge is 0.0912 e. The largest absolute Gasteiger partial charge is 0.388 e. The van der Waals surface area contributed by atoms with Crippen molar-refractivity contribution in [1.82, 2.24) is 0 Å². The van der Waals surface area contributed by atoms with Gasteiger partial charge >= 0.3 is 0 Å². The fourth-order valence-electron chi connectivity index (χ4n) is 2.29. The molecule has 70 valence electrons. The molecule has 2 N–H and O–H groups in total. The molecule has 0 aromatic heterocycles. The van der Waals surface area contributed by atoms with Gasteiger partial charge in [0.2, 0.25) is 0 Å². The van der Waals surface area contributed by atoms with Gasteiger partial charge in [0, 0.05) is 0 Å². The van der Waals surface area contributed by atoms with Crippen molar-refractivity contribution in [2.75, 3.05) is 0 Å². The number of aliphatic imine (C=N–C) groups is 1. The molecule has 1 aliphatic carbocycles. The maximum atomic E-state index is 5.64. The molecule has 0 amide bonds. The molecule has 0 saturated heterocycles. The molecule has 0 heterocycles. The van der Waals surface area contributed by atoms with Crippen molar-refractivity contribution >= 4 is 5.84 Å². The summed E-state index contributed by atoms with van der Waals surface area (Å²) in [4.78, 5) is 4.59. The molecular formula is C10H20N2. The quantitative estimate of drug-likeness (QED) is 0.510. The minimum Gasteiger partial charge on any atom is -0.388 e. The molecule has 12 heavy (non-hydrogen) atoms. The minimum atomic E-state index is 0.230. The molecule has 0 bridgehead atoms. The molecule has 0 aromatic rings. The highest BCUT2D eigenvalue weighted by molar-refractivity contribution is 5.77. The van der Waals surface area contributed by atoms with Crippen LogP contribution >= 0.6 is 0 Å². The van der Waals surface area contributed by atoms with Gasteiger partial charge in [-0.05, 0) is 26.2 Å². The van der Waals surface area contributed by atoms with E-state index in [2.05, 4.69) is 11.9 Å². The average molecular weight is 168 g/mol. The van der Waals surface area contributed by atoms with Crippen LogP contribution < -0.4 is 5.73 Å². The summed E-state index contributed by atoms with van der Waals surface area (Å²) in [6, 6.07) is 0. The molecule has 1 rings (SSSR count). The molecule has 1 aliphatic rings. The highest BCUT2D eigenvalue weighted by Crippen LogP contribution is 2.37. The fraction of sp³-hybridized carbons (Fsp3) is 0.900. The highest BCUT2D eigenvalue weighted by atomic mass is 14.9. The molecule has 1 saturated carbocycles. The number of amidine groups is 1. The van der Waals surface area contributed by atoms with Gasteiger partial charge in [0.05, 0.1) is 11.4 Å². The van der Waals surface area contributed by atoms with Crippen LogP contribution in [0, 0.1) is 0 Å². The van der Waals surface area contributed by atoms with E-state index in [1.54, 1.807) is 0 Å². The molecule has 0 aromatic carbocycles. The van der Waals surface area contributed by atoms with E-state index in [0.29, 0.717) is 0 Å². The SMILES string of the molecule is CCCC1(N=C(C)N)CCCC1. The van der Waals surface area contributed by atoms with Crippen LogP contribution in [0.15, 0.2) is 4.99 Å². The van der Waals surface area contributed by atoms with Crippen LogP contribution in [0.4, 0.5) is 0 Å². The Kier molecular flexibility index (Phi) is 3.12. The van der Waals surface area contributed by atoms with Gasteiger partial charge in [0.15, 0.2) is 0 Å². The van der Waals surface area contributed by atoms with E-state index < -0.39 is 0 Å². The van der Waals surface area contributed by atoms with E-state index in [1.807, 2.05) is 6.92 Å². The second kappa shape index (κ2) is 3.92. The van der Waals surface area contributed by atoms with Gasteiger partial charge in [-0.2, -0.15) is 0 Å². The minimum absolute atomic E-state index is 0.230. The van der Waals surface area contributed by atoms with Crippen molar-refractivity contribution in [1.29, 1.82) is 0 Å². The van der Waals surface area contributed by atoms with Gasteiger partial charge in [0.1, 0.15) is 0 Å². The number of hydrogen-bond donors (Lipinski definition) is 1. The van der Waals surface area contributed by atoms with Crippen LogP contribution in [0.1, 0.15) is 52.4 Å². The Hall–Kier alpha value is -0.530. The van der Waals surface area contributed by atoms with Crippen molar-refractivity contribution in [3.05, 3.63) is 0 Å². The second-order valence-electron chi connectivity index (χ2n) is 3.93. The van der Waals surface area contributed by atoms with Crippen LogP contribution in [0.25, 0.3) is 0 Å². The average Bonchev–Trinajstić information content (AvgIpc) is 2.36. The summed E-state index contributed by atoms with van der Waals surface area (Å²) in [5, 5.41) is 0. The molecule has 0 atom stereocenters. The monoisotopic (exact) mass is 168 g/mol. The first kappa shape index (κ1) is 9.56. The lowest BCUT2D eigenvalue weighted by atomic mass is 9.93. The van der Waals surface area contributed by atoms with Gasteiger partial charge in [0.25, 0.3) is 0 Å². The van der Waals surface area contributed by atoms with E-state index in [0.717, 1.165) is 5.84 Å². The van der Waals surface area contributed by atoms with Gasteiger partial charge in [-0.3, -0.25) is 4.99 Å². The molecule has 0 spiro atoms. The van der Waals surface area contributed by atoms with Gasteiger partial charge in [-0.15, -0.1) is 0 Å². The molecule has 0 radical (unpaired) electrons. The lowest BCUT2D eigenvalue weighted by Gasteiger charge is -2.23. The highest BCUT2D eigenvalue weighted by Gasteiger charge is 2.31. The Morgan fingerprint density at radius 1 is 1.42 bits per heavy atom. The third kappa shape index (κ3) is 2.23. The molecule has 2 heteroatoms. The number of nitrogens with two attached hydrogens (primary N) is 1. The second-order valence-corrected chi connectivity index (χ2v) is 3.93. The summed E-state index contributed by atoms with van der Waals surface area (Å²) in [5.74, 6) is 0.755. The van der Waals surface area contributed by atoms with Crippen LogP contribution in [0.3, 0.4) is 0 Å². The van der Waals surface area contributed by atoms with E-state index >= 15 is 0 Å². The first-order valence-electron chi connectivity index (χ1n) is 5.00. The zero-order valence-corrected chi connectivity index (χ0v) is 8.27. The van der Waals surface area contributed by atoms with E-state index in [1.165, 1.54) is 38.5 Å². The Morgan fingerprint density at radius 2 is 2.00 bits per heavy atom. The zero-order valence-electron chi connectivity index (χ0n) is 8.27. The Bertz CT molecular complexity index is 163. The standard InChI is InChI=1S/C10H20N2/c1-3-6-10(12-9(2)11)7-4-5-8-10/h3-8H2,1-2H3,(H2,11,12). The fourth-order valence-corrected chi connectivity index (χ4v) is 2.29. The lowest BCUT2D eigenvalue weighted by Crippen LogP contribution is -2.25. The molecule has 1 fully saturated rings.